The number of non-ortho nitro benzene ring substituents is 1. The highest BCUT2D eigenvalue weighted by molar-refractivity contribution is 5.95. The van der Waals surface area contributed by atoms with Gasteiger partial charge in [-0.2, -0.15) is 5.26 Å². The number of nitro benzene ring substituents is 1. The molecular weight excluding hydrogens is 241 g/mol. The number of hydrogen-bond donors (Lipinski definition) is 1. The summed E-state index contributed by atoms with van der Waals surface area (Å²) in [5, 5.41) is 21.3. The number of benzene rings is 1. The van der Waals surface area contributed by atoms with Crippen molar-refractivity contribution in [3.63, 3.8) is 0 Å². The van der Waals surface area contributed by atoms with Crippen molar-refractivity contribution in [2.45, 2.75) is 19.4 Å². The number of hydrogen-bond acceptors (Lipinski definition) is 4. The fourth-order valence-electron chi connectivity index (χ4n) is 1.29. The van der Waals surface area contributed by atoms with Gasteiger partial charge < -0.3 is 5.32 Å². The molecule has 0 aromatic heterocycles. The van der Waals surface area contributed by atoms with E-state index >= 15 is 0 Å². The molecule has 1 unspecified atom stereocenters. The maximum Gasteiger partial charge on any atom is 0.270 e. The summed E-state index contributed by atoms with van der Waals surface area (Å²) in [6, 6.07) is 4.10. The Hall–Kier alpha value is -2.49. The smallest absolute Gasteiger partial charge is 0.270 e. The first-order valence-corrected chi connectivity index (χ1v) is 5.07. The predicted molar refractivity (Wildman–Crippen MR) is 60.2 cm³/mol. The molecule has 94 valence electrons. The minimum absolute atomic E-state index is 0.0717. The molecule has 0 spiro atoms. The number of halogens is 1. The Balaban J connectivity index is 2.95. The topological polar surface area (TPSA) is 96.0 Å². The van der Waals surface area contributed by atoms with Crippen molar-refractivity contribution in [1.29, 1.82) is 5.26 Å². The summed E-state index contributed by atoms with van der Waals surface area (Å²) in [5.41, 5.74) is -0.775. The van der Waals surface area contributed by atoms with Crippen LogP contribution in [-0.4, -0.2) is 16.9 Å². The standard InChI is InChI=1S/C11H10FN3O3/c1-7(4-5-13)14-11(16)9-6-8(15(17)18)2-3-10(9)12/h2-3,6-7H,4H2,1H3,(H,14,16). The zero-order valence-electron chi connectivity index (χ0n) is 9.51. The van der Waals surface area contributed by atoms with Crippen molar-refractivity contribution in [2.75, 3.05) is 0 Å². The summed E-state index contributed by atoms with van der Waals surface area (Å²) in [6.45, 7) is 1.58. The van der Waals surface area contributed by atoms with E-state index in [1.165, 1.54) is 0 Å². The van der Waals surface area contributed by atoms with E-state index in [1.54, 1.807) is 6.92 Å². The molecule has 0 aliphatic heterocycles. The first kappa shape index (κ1) is 13.6. The lowest BCUT2D eigenvalue weighted by Crippen LogP contribution is -2.32. The highest BCUT2D eigenvalue weighted by Crippen LogP contribution is 2.16. The molecule has 0 saturated carbocycles. The molecule has 0 heterocycles. The minimum atomic E-state index is -0.845. The van der Waals surface area contributed by atoms with Crippen molar-refractivity contribution in [3.05, 3.63) is 39.7 Å². The Kier molecular flexibility index (Phi) is 4.32. The van der Waals surface area contributed by atoms with Crippen LogP contribution in [0.15, 0.2) is 18.2 Å². The van der Waals surface area contributed by atoms with Crippen LogP contribution >= 0.6 is 0 Å². The highest BCUT2D eigenvalue weighted by Gasteiger charge is 2.18. The van der Waals surface area contributed by atoms with Gasteiger partial charge in [-0.3, -0.25) is 14.9 Å². The van der Waals surface area contributed by atoms with Gasteiger partial charge in [-0.05, 0) is 13.0 Å². The molecule has 7 heteroatoms. The van der Waals surface area contributed by atoms with Gasteiger partial charge in [0.1, 0.15) is 5.82 Å². The number of carbonyl (C=O) groups is 1. The van der Waals surface area contributed by atoms with E-state index in [0.29, 0.717) is 0 Å². The van der Waals surface area contributed by atoms with Gasteiger partial charge in [-0.15, -0.1) is 0 Å². The van der Waals surface area contributed by atoms with Crippen LogP contribution in [0.1, 0.15) is 23.7 Å². The van der Waals surface area contributed by atoms with Crippen LogP contribution in [0.4, 0.5) is 10.1 Å². The zero-order chi connectivity index (χ0) is 13.7. The molecule has 1 atom stereocenters. The lowest BCUT2D eigenvalue weighted by molar-refractivity contribution is -0.384. The van der Waals surface area contributed by atoms with E-state index in [4.69, 9.17) is 5.26 Å². The van der Waals surface area contributed by atoms with Crippen molar-refractivity contribution in [2.24, 2.45) is 0 Å². The second-order valence-corrected chi connectivity index (χ2v) is 3.66. The highest BCUT2D eigenvalue weighted by atomic mass is 19.1. The second kappa shape index (κ2) is 5.72. The van der Waals surface area contributed by atoms with Gasteiger partial charge >= 0.3 is 0 Å². The Bertz CT molecular complexity index is 525. The van der Waals surface area contributed by atoms with Crippen LogP contribution in [0.25, 0.3) is 0 Å². The monoisotopic (exact) mass is 251 g/mol. The number of carbonyl (C=O) groups excluding carboxylic acids is 1. The maximum absolute atomic E-state index is 13.4. The van der Waals surface area contributed by atoms with Crippen molar-refractivity contribution in [1.82, 2.24) is 5.32 Å². The Labute approximate surface area is 102 Å². The minimum Gasteiger partial charge on any atom is -0.348 e. The lowest BCUT2D eigenvalue weighted by atomic mass is 10.1. The third-order valence-electron chi connectivity index (χ3n) is 2.18. The molecule has 18 heavy (non-hydrogen) atoms. The third kappa shape index (κ3) is 3.25. The van der Waals surface area contributed by atoms with Gasteiger partial charge in [0.05, 0.1) is 23.0 Å². The van der Waals surface area contributed by atoms with Gasteiger partial charge in [0.2, 0.25) is 0 Å². The molecule has 1 N–H and O–H groups in total. The molecule has 1 aromatic carbocycles. The number of nitro groups is 1. The van der Waals surface area contributed by atoms with E-state index in [0.717, 1.165) is 18.2 Å². The molecule has 0 radical (unpaired) electrons. The van der Waals surface area contributed by atoms with Crippen molar-refractivity contribution < 1.29 is 14.1 Å². The quantitative estimate of drug-likeness (QED) is 0.651. The van der Waals surface area contributed by atoms with Gasteiger partial charge in [0.15, 0.2) is 0 Å². The summed E-state index contributed by atoms with van der Waals surface area (Å²) >= 11 is 0. The summed E-state index contributed by atoms with van der Waals surface area (Å²) in [5.74, 6) is -1.62. The zero-order valence-corrected chi connectivity index (χ0v) is 9.51. The van der Waals surface area contributed by atoms with E-state index < -0.39 is 28.3 Å². The van der Waals surface area contributed by atoms with E-state index in [1.807, 2.05) is 6.07 Å². The van der Waals surface area contributed by atoms with Crippen LogP contribution in [0.2, 0.25) is 0 Å². The number of rotatable bonds is 4. The van der Waals surface area contributed by atoms with Crippen LogP contribution in [0, 0.1) is 27.3 Å². The number of nitrogens with one attached hydrogen (secondary N) is 1. The number of nitrogens with zero attached hydrogens (tertiary/aromatic N) is 2. The Morgan fingerprint density at radius 2 is 2.33 bits per heavy atom. The molecular formula is C11H10FN3O3. The van der Waals surface area contributed by atoms with Crippen molar-refractivity contribution >= 4 is 11.6 Å². The second-order valence-electron chi connectivity index (χ2n) is 3.66. The van der Waals surface area contributed by atoms with Crippen LogP contribution in [0.3, 0.4) is 0 Å². The normalized spacial score (nSPS) is 11.4. The van der Waals surface area contributed by atoms with Crippen LogP contribution in [0.5, 0.6) is 0 Å². The van der Waals surface area contributed by atoms with E-state index in [2.05, 4.69) is 5.32 Å². The molecule has 1 aromatic rings. The van der Waals surface area contributed by atoms with Crippen LogP contribution < -0.4 is 5.32 Å². The van der Waals surface area contributed by atoms with Gasteiger partial charge in [0, 0.05) is 18.2 Å². The molecule has 0 aliphatic carbocycles. The average molecular weight is 251 g/mol. The van der Waals surface area contributed by atoms with Crippen molar-refractivity contribution in [3.8, 4) is 6.07 Å². The molecule has 0 saturated heterocycles. The maximum atomic E-state index is 13.4. The molecule has 1 rings (SSSR count). The molecule has 0 aliphatic rings. The number of amides is 1. The van der Waals surface area contributed by atoms with E-state index in [-0.39, 0.29) is 12.1 Å². The summed E-state index contributed by atoms with van der Waals surface area (Å²) < 4.78 is 13.4. The molecule has 1 amide bonds. The summed E-state index contributed by atoms with van der Waals surface area (Å²) in [4.78, 5) is 21.4. The average Bonchev–Trinajstić information content (AvgIpc) is 2.29. The third-order valence-corrected chi connectivity index (χ3v) is 2.18. The fraction of sp³-hybridized carbons (Fsp3) is 0.273. The molecule has 0 fully saturated rings. The first-order chi connectivity index (χ1) is 8.45. The first-order valence-electron chi connectivity index (χ1n) is 5.07. The van der Waals surface area contributed by atoms with Gasteiger partial charge in [0.25, 0.3) is 11.6 Å². The summed E-state index contributed by atoms with van der Waals surface area (Å²) in [7, 11) is 0. The van der Waals surface area contributed by atoms with Gasteiger partial charge in [-0.25, -0.2) is 4.39 Å². The largest absolute Gasteiger partial charge is 0.348 e. The Morgan fingerprint density at radius 3 is 2.89 bits per heavy atom. The van der Waals surface area contributed by atoms with Gasteiger partial charge in [-0.1, -0.05) is 0 Å². The predicted octanol–water partition coefficient (Wildman–Crippen LogP) is 1.77. The van der Waals surface area contributed by atoms with E-state index in [9.17, 15) is 19.3 Å². The SMILES string of the molecule is CC(CC#N)NC(=O)c1cc([N+](=O)[O-])ccc1F. The lowest BCUT2D eigenvalue weighted by Gasteiger charge is -2.10. The van der Waals surface area contributed by atoms with Crippen LogP contribution in [-0.2, 0) is 0 Å². The molecule has 0 bridgehead atoms. The number of nitriles is 1. The molecule has 6 nitrogen and oxygen atoms in total. The fourth-order valence-corrected chi connectivity index (χ4v) is 1.29. The Morgan fingerprint density at radius 1 is 1.67 bits per heavy atom. The summed E-state index contributed by atoms with van der Waals surface area (Å²) in [6.07, 6.45) is 0.0717.